The van der Waals surface area contributed by atoms with Gasteiger partial charge in [0.2, 0.25) is 0 Å². The molecule has 2 aromatic carbocycles. The third-order valence-corrected chi connectivity index (χ3v) is 3.51. The number of aromatic nitrogens is 2. The van der Waals surface area contributed by atoms with Crippen LogP contribution in [0.25, 0.3) is 5.69 Å². The van der Waals surface area contributed by atoms with E-state index < -0.39 is 0 Å². The topological polar surface area (TPSA) is 29.9 Å². The van der Waals surface area contributed by atoms with Crippen molar-refractivity contribution in [3.63, 3.8) is 0 Å². The zero-order chi connectivity index (χ0) is 15.2. The minimum Gasteiger partial charge on any atom is -0.312 e. The van der Waals surface area contributed by atoms with Crippen LogP contribution in [0.15, 0.2) is 67.0 Å². The van der Waals surface area contributed by atoms with Crippen molar-refractivity contribution in [2.24, 2.45) is 0 Å². The Balaban J connectivity index is 1.51. The molecule has 3 nitrogen and oxygen atoms in total. The van der Waals surface area contributed by atoms with Crippen LogP contribution >= 0.6 is 0 Å². The number of benzene rings is 2. The van der Waals surface area contributed by atoms with Gasteiger partial charge in [-0.1, -0.05) is 36.4 Å². The average molecular weight is 295 g/mol. The Morgan fingerprint density at radius 3 is 2.59 bits per heavy atom. The van der Waals surface area contributed by atoms with Crippen molar-refractivity contribution < 1.29 is 4.39 Å². The van der Waals surface area contributed by atoms with E-state index in [1.807, 2.05) is 59.5 Å². The van der Waals surface area contributed by atoms with Crippen LogP contribution in [0.3, 0.4) is 0 Å². The first-order valence-corrected chi connectivity index (χ1v) is 7.36. The molecule has 1 heterocycles. The minimum absolute atomic E-state index is 0.138. The third kappa shape index (κ3) is 3.59. The molecule has 0 aliphatic carbocycles. The van der Waals surface area contributed by atoms with Crippen LogP contribution in [-0.4, -0.2) is 16.3 Å². The van der Waals surface area contributed by atoms with Crippen molar-refractivity contribution in [2.75, 3.05) is 6.54 Å². The van der Waals surface area contributed by atoms with Gasteiger partial charge in [0, 0.05) is 18.3 Å². The summed E-state index contributed by atoms with van der Waals surface area (Å²) in [4.78, 5) is 0. The van der Waals surface area contributed by atoms with Crippen molar-refractivity contribution in [1.29, 1.82) is 0 Å². The fourth-order valence-corrected chi connectivity index (χ4v) is 2.33. The van der Waals surface area contributed by atoms with Crippen LogP contribution < -0.4 is 5.32 Å². The van der Waals surface area contributed by atoms with Gasteiger partial charge >= 0.3 is 0 Å². The molecule has 0 saturated carbocycles. The average Bonchev–Trinajstić information content (AvgIpc) is 3.03. The molecule has 4 heteroatoms. The van der Waals surface area contributed by atoms with Gasteiger partial charge in [-0.05, 0) is 36.7 Å². The Kier molecular flexibility index (Phi) is 4.61. The number of halogens is 1. The Morgan fingerprint density at radius 2 is 1.77 bits per heavy atom. The van der Waals surface area contributed by atoms with E-state index in [0.717, 1.165) is 29.9 Å². The maximum Gasteiger partial charge on any atom is 0.126 e. The summed E-state index contributed by atoms with van der Waals surface area (Å²) >= 11 is 0. The number of nitrogens with one attached hydrogen (secondary N) is 1. The molecule has 3 aromatic rings. The molecule has 0 amide bonds. The van der Waals surface area contributed by atoms with Crippen LogP contribution in [0.1, 0.15) is 11.1 Å². The van der Waals surface area contributed by atoms with Gasteiger partial charge in [0.25, 0.3) is 0 Å². The van der Waals surface area contributed by atoms with Gasteiger partial charge in [-0.15, -0.1) is 0 Å². The second-order valence-electron chi connectivity index (χ2n) is 5.15. The second-order valence-corrected chi connectivity index (χ2v) is 5.15. The molecule has 0 atom stereocenters. The molecular formula is C18H18FN3. The first-order chi connectivity index (χ1) is 10.8. The molecule has 22 heavy (non-hydrogen) atoms. The molecule has 0 radical (unpaired) electrons. The number of hydrogen-bond donors (Lipinski definition) is 1. The highest BCUT2D eigenvalue weighted by Crippen LogP contribution is 2.08. The van der Waals surface area contributed by atoms with Crippen LogP contribution in [0.2, 0.25) is 0 Å². The van der Waals surface area contributed by atoms with Gasteiger partial charge in [0.05, 0.1) is 11.9 Å². The Morgan fingerprint density at radius 1 is 1.00 bits per heavy atom. The molecule has 0 bridgehead atoms. The van der Waals surface area contributed by atoms with Gasteiger partial charge in [-0.2, -0.15) is 5.10 Å². The molecule has 1 N–H and O–H groups in total. The van der Waals surface area contributed by atoms with Crippen molar-refractivity contribution in [3.05, 3.63) is 83.9 Å². The largest absolute Gasteiger partial charge is 0.312 e. The van der Waals surface area contributed by atoms with Crippen LogP contribution in [0.4, 0.5) is 4.39 Å². The van der Waals surface area contributed by atoms with Crippen molar-refractivity contribution >= 4 is 0 Å². The number of rotatable bonds is 6. The van der Waals surface area contributed by atoms with Gasteiger partial charge in [-0.25, -0.2) is 9.07 Å². The highest BCUT2D eigenvalue weighted by molar-refractivity contribution is 5.30. The molecule has 1 aromatic heterocycles. The molecule has 0 spiro atoms. The van der Waals surface area contributed by atoms with Gasteiger partial charge in [-0.3, -0.25) is 0 Å². The van der Waals surface area contributed by atoms with E-state index in [2.05, 4.69) is 10.4 Å². The Hall–Kier alpha value is -2.46. The zero-order valence-corrected chi connectivity index (χ0v) is 12.2. The molecule has 0 fully saturated rings. The Labute approximate surface area is 129 Å². The monoisotopic (exact) mass is 295 g/mol. The smallest absolute Gasteiger partial charge is 0.126 e. The van der Waals surface area contributed by atoms with Gasteiger partial charge < -0.3 is 5.32 Å². The summed E-state index contributed by atoms with van der Waals surface area (Å²) in [7, 11) is 0. The van der Waals surface area contributed by atoms with Crippen molar-refractivity contribution in [2.45, 2.75) is 13.0 Å². The molecule has 112 valence electrons. The number of para-hydroxylation sites is 1. The molecule has 0 saturated heterocycles. The van der Waals surface area contributed by atoms with E-state index in [-0.39, 0.29) is 5.82 Å². The summed E-state index contributed by atoms with van der Waals surface area (Å²) in [6.45, 7) is 1.46. The lowest BCUT2D eigenvalue weighted by Gasteiger charge is -2.04. The predicted molar refractivity (Wildman–Crippen MR) is 85.4 cm³/mol. The van der Waals surface area contributed by atoms with E-state index in [1.54, 1.807) is 6.07 Å². The molecular weight excluding hydrogens is 277 g/mol. The van der Waals surface area contributed by atoms with Crippen molar-refractivity contribution in [3.8, 4) is 5.69 Å². The lowest BCUT2D eigenvalue weighted by molar-refractivity contribution is 0.598. The normalized spacial score (nSPS) is 10.8. The second kappa shape index (κ2) is 7.00. The molecule has 0 aliphatic heterocycles. The fraction of sp³-hybridized carbons (Fsp3) is 0.167. The summed E-state index contributed by atoms with van der Waals surface area (Å²) in [5.74, 6) is -0.138. The lowest BCUT2D eigenvalue weighted by Crippen LogP contribution is -2.16. The van der Waals surface area contributed by atoms with E-state index in [4.69, 9.17) is 0 Å². The molecule has 0 aliphatic rings. The predicted octanol–water partition coefficient (Wildman–Crippen LogP) is 3.34. The molecule has 0 unspecified atom stereocenters. The summed E-state index contributed by atoms with van der Waals surface area (Å²) in [6.07, 6.45) is 4.54. The standard InChI is InChI=1S/C18H18FN3/c19-18-9-5-4-6-16(18)10-11-20-12-15-13-21-22(14-15)17-7-2-1-3-8-17/h1-9,13-14,20H,10-12H2. The van der Waals surface area contributed by atoms with E-state index in [0.29, 0.717) is 6.42 Å². The highest BCUT2D eigenvalue weighted by atomic mass is 19.1. The lowest BCUT2D eigenvalue weighted by atomic mass is 10.1. The molecule has 3 rings (SSSR count). The van der Waals surface area contributed by atoms with Crippen LogP contribution in [0, 0.1) is 5.82 Å². The number of hydrogen-bond acceptors (Lipinski definition) is 2. The first-order valence-electron chi connectivity index (χ1n) is 7.36. The maximum atomic E-state index is 13.5. The van der Waals surface area contributed by atoms with Crippen molar-refractivity contribution in [1.82, 2.24) is 15.1 Å². The summed E-state index contributed by atoms with van der Waals surface area (Å²) < 4.78 is 15.3. The maximum absolute atomic E-state index is 13.5. The fourth-order valence-electron chi connectivity index (χ4n) is 2.33. The van der Waals surface area contributed by atoms with E-state index >= 15 is 0 Å². The zero-order valence-electron chi connectivity index (χ0n) is 12.2. The van der Waals surface area contributed by atoms with E-state index in [9.17, 15) is 4.39 Å². The van der Waals surface area contributed by atoms with Gasteiger partial charge in [0.1, 0.15) is 5.82 Å². The Bertz CT molecular complexity index is 722. The van der Waals surface area contributed by atoms with Crippen LogP contribution in [-0.2, 0) is 13.0 Å². The third-order valence-electron chi connectivity index (χ3n) is 3.51. The summed E-state index contributed by atoms with van der Waals surface area (Å²) in [6, 6.07) is 16.9. The SMILES string of the molecule is Fc1ccccc1CCNCc1cnn(-c2ccccc2)c1. The quantitative estimate of drug-likeness (QED) is 0.707. The van der Waals surface area contributed by atoms with Crippen LogP contribution in [0.5, 0.6) is 0 Å². The van der Waals surface area contributed by atoms with Gasteiger partial charge in [0.15, 0.2) is 0 Å². The van der Waals surface area contributed by atoms with E-state index in [1.165, 1.54) is 6.07 Å². The highest BCUT2D eigenvalue weighted by Gasteiger charge is 2.02. The summed E-state index contributed by atoms with van der Waals surface area (Å²) in [5, 5.41) is 7.68. The number of nitrogens with zero attached hydrogens (tertiary/aromatic N) is 2. The summed E-state index contributed by atoms with van der Waals surface area (Å²) in [5.41, 5.74) is 2.90. The first kappa shape index (κ1) is 14.5. The minimum atomic E-state index is -0.138.